The Kier molecular flexibility index (Phi) is 9.61. The molecular weight excluding hydrogens is 520 g/mol. The summed E-state index contributed by atoms with van der Waals surface area (Å²) >= 11 is 0. The summed E-state index contributed by atoms with van der Waals surface area (Å²) in [5, 5.41) is 24.4. The fourth-order valence-corrected chi connectivity index (χ4v) is 5.53. The minimum atomic E-state index is -0.157. The Balaban J connectivity index is 1.39. The van der Waals surface area contributed by atoms with E-state index in [9.17, 15) is 15.0 Å². The molecule has 1 amide bonds. The van der Waals surface area contributed by atoms with Gasteiger partial charge in [-0.05, 0) is 40.8 Å². The first-order valence-electron chi connectivity index (χ1n) is 14.6. The van der Waals surface area contributed by atoms with Crippen LogP contribution < -0.4 is 5.32 Å². The minimum absolute atomic E-state index is 0.0219. The summed E-state index contributed by atoms with van der Waals surface area (Å²) in [6, 6.07) is 15.4. The topological polar surface area (TPSA) is 99.4 Å². The molecule has 2 aliphatic rings. The maximum atomic E-state index is 13.4. The van der Waals surface area contributed by atoms with E-state index in [1.165, 1.54) is 11.6 Å². The highest BCUT2D eigenvalue weighted by molar-refractivity contribution is 5.94. The first-order valence-corrected chi connectivity index (χ1v) is 14.6. The van der Waals surface area contributed by atoms with Crippen molar-refractivity contribution in [3.63, 3.8) is 0 Å². The molecule has 2 aromatic carbocycles. The van der Waals surface area contributed by atoms with Crippen molar-refractivity contribution in [3.05, 3.63) is 70.9 Å². The normalized spacial score (nSPS) is 16.8. The average Bonchev–Trinajstić information content (AvgIpc) is 3.38. The summed E-state index contributed by atoms with van der Waals surface area (Å²) in [6.07, 6.45) is 0. The fraction of sp³-hybridized carbons (Fsp3) is 0.469. The lowest BCUT2D eigenvalue weighted by molar-refractivity contribution is 0.0342. The number of rotatable bonds is 10. The van der Waals surface area contributed by atoms with Crippen molar-refractivity contribution in [1.29, 1.82) is 0 Å². The van der Waals surface area contributed by atoms with Crippen molar-refractivity contribution in [2.45, 2.75) is 32.9 Å². The van der Waals surface area contributed by atoms with Crippen LogP contribution in [0.15, 0.2) is 48.5 Å². The Morgan fingerprint density at radius 1 is 0.829 bits per heavy atom. The van der Waals surface area contributed by atoms with E-state index in [1.807, 2.05) is 36.6 Å². The van der Waals surface area contributed by atoms with E-state index in [0.717, 1.165) is 82.5 Å². The number of nitrogens with zero attached hydrogens (tertiary/aromatic N) is 3. The molecule has 3 heterocycles. The van der Waals surface area contributed by atoms with E-state index in [-0.39, 0.29) is 23.3 Å². The van der Waals surface area contributed by atoms with Crippen molar-refractivity contribution < 1.29 is 24.5 Å². The van der Waals surface area contributed by atoms with E-state index >= 15 is 0 Å². The zero-order valence-electron chi connectivity index (χ0n) is 24.1. The molecule has 0 bridgehead atoms. The first-order chi connectivity index (χ1) is 19.9. The van der Waals surface area contributed by atoms with Gasteiger partial charge in [-0.3, -0.25) is 14.6 Å². The smallest absolute Gasteiger partial charge is 0.267 e. The first kappa shape index (κ1) is 29.1. The van der Waals surface area contributed by atoms with Gasteiger partial charge in [0.2, 0.25) is 0 Å². The Morgan fingerprint density at radius 3 is 2.07 bits per heavy atom. The lowest BCUT2D eigenvalue weighted by Gasteiger charge is -2.26. The number of ether oxygens (including phenoxy) is 2. The van der Waals surface area contributed by atoms with Crippen LogP contribution in [0.5, 0.6) is 11.5 Å². The minimum Gasteiger partial charge on any atom is -0.508 e. The number of nitrogens with one attached hydrogen (secondary N) is 1. The Hall–Kier alpha value is -3.37. The number of morpholine rings is 2. The van der Waals surface area contributed by atoms with Gasteiger partial charge < -0.3 is 29.6 Å². The summed E-state index contributed by atoms with van der Waals surface area (Å²) in [6.45, 7) is 13.3. The molecule has 0 aliphatic carbocycles. The van der Waals surface area contributed by atoms with Crippen LogP contribution in [0.1, 0.15) is 46.9 Å². The van der Waals surface area contributed by atoms with Crippen LogP contribution in [0.3, 0.4) is 0 Å². The largest absolute Gasteiger partial charge is 0.508 e. The van der Waals surface area contributed by atoms with E-state index in [4.69, 9.17) is 9.47 Å². The van der Waals surface area contributed by atoms with Crippen molar-refractivity contribution in [3.8, 4) is 22.8 Å². The van der Waals surface area contributed by atoms with Crippen LogP contribution in [0.25, 0.3) is 11.3 Å². The molecule has 220 valence electrons. The van der Waals surface area contributed by atoms with Gasteiger partial charge >= 0.3 is 0 Å². The molecule has 0 spiro atoms. The van der Waals surface area contributed by atoms with E-state index in [1.54, 1.807) is 0 Å². The second-order valence-electron chi connectivity index (χ2n) is 11.2. The number of amides is 1. The number of hydrogen-bond acceptors (Lipinski definition) is 7. The van der Waals surface area contributed by atoms with E-state index in [0.29, 0.717) is 24.3 Å². The average molecular weight is 563 g/mol. The summed E-state index contributed by atoms with van der Waals surface area (Å²) in [5.41, 5.74) is 4.87. The molecule has 0 radical (unpaired) electrons. The molecule has 2 fully saturated rings. The highest BCUT2D eigenvalue weighted by atomic mass is 16.5. The summed E-state index contributed by atoms with van der Waals surface area (Å²) in [5.74, 6) is -0.0433. The second kappa shape index (κ2) is 13.5. The third kappa shape index (κ3) is 7.29. The van der Waals surface area contributed by atoms with Gasteiger partial charge in [-0.1, -0.05) is 38.1 Å². The van der Waals surface area contributed by atoms with Gasteiger partial charge in [-0.25, -0.2) is 0 Å². The molecule has 0 atom stereocenters. The SMILES string of the molecule is CC(C)c1cc(-c2ccc(C(=O)NCCN3CCOCC3)n2Cc2ccc(CN3CCOCC3)cc2)c(O)cc1O. The standard InChI is InChI=1S/C32H42N4O5/c1-23(2)26-19-27(31(38)20-30(26)37)28-7-8-29(32(39)33-9-10-34-11-15-40-16-12-34)36(28)22-25-5-3-24(4-6-25)21-35-13-17-41-18-14-35/h3-8,19-20,23,37-38H,9-18,21-22H2,1-2H3,(H,33,39). The van der Waals surface area contributed by atoms with Gasteiger partial charge in [0.25, 0.3) is 5.91 Å². The van der Waals surface area contributed by atoms with Crippen LogP contribution in [0.4, 0.5) is 0 Å². The maximum Gasteiger partial charge on any atom is 0.267 e. The molecule has 3 N–H and O–H groups in total. The van der Waals surface area contributed by atoms with Crippen molar-refractivity contribution >= 4 is 5.91 Å². The number of carbonyl (C=O) groups is 1. The predicted octanol–water partition coefficient (Wildman–Crippen LogP) is 3.63. The Labute approximate surface area is 242 Å². The molecule has 1 aromatic heterocycles. The molecule has 41 heavy (non-hydrogen) atoms. The molecule has 3 aromatic rings. The number of aromatic nitrogens is 1. The molecule has 9 nitrogen and oxygen atoms in total. The Bertz CT molecular complexity index is 1310. The third-order valence-electron chi connectivity index (χ3n) is 7.95. The number of phenols is 2. The van der Waals surface area contributed by atoms with Gasteiger partial charge in [-0.15, -0.1) is 0 Å². The predicted molar refractivity (Wildman–Crippen MR) is 159 cm³/mol. The fourth-order valence-electron chi connectivity index (χ4n) is 5.53. The highest BCUT2D eigenvalue weighted by Crippen LogP contribution is 2.38. The molecule has 2 saturated heterocycles. The second-order valence-corrected chi connectivity index (χ2v) is 11.2. The summed E-state index contributed by atoms with van der Waals surface area (Å²) < 4.78 is 12.8. The monoisotopic (exact) mass is 562 g/mol. The van der Waals surface area contributed by atoms with Gasteiger partial charge in [-0.2, -0.15) is 0 Å². The van der Waals surface area contributed by atoms with Crippen molar-refractivity contribution in [1.82, 2.24) is 19.7 Å². The van der Waals surface area contributed by atoms with Crippen LogP contribution in [0, 0.1) is 0 Å². The van der Waals surface area contributed by atoms with Gasteiger partial charge in [0.1, 0.15) is 17.2 Å². The zero-order valence-corrected chi connectivity index (χ0v) is 24.1. The zero-order chi connectivity index (χ0) is 28.8. The van der Waals surface area contributed by atoms with Crippen molar-refractivity contribution in [2.75, 3.05) is 65.7 Å². The highest BCUT2D eigenvalue weighted by Gasteiger charge is 2.21. The number of benzene rings is 2. The van der Waals surface area contributed by atoms with Gasteiger partial charge in [0, 0.05) is 64.0 Å². The Morgan fingerprint density at radius 2 is 1.44 bits per heavy atom. The van der Waals surface area contributed by atoms with Crippen LogP contribution in [0.2, 0.25) is 0 Å². The summed E-state index contributed by atoms with van der Waals surface area (Å²) in [4.78, 5) is 18.1. The lowest BCUT2D eigenvalue weighted by Crippen LogP contribution is -2.41. The third-order valence-corrected chi connectivity index (χ3v) is 7.95. The summed E-state index contributed by atoms with van der Waals surface area (Å²) in [7, 11) is 0. The molecule has 2 aliphatic heterocycles. The molecule has 0 saturated carbocycles. The van der Waals surface area contributed by atoms with E-state index in [2.05, 4.69) is 39.4 Å². The maximum absolute atomic E-state index is 13.4. The number of carbonyl (C=O) groups excluding carboxylic acids is 1. The number of aromatic hydroxyl groups is 2. The quantitative estimate of drug-likeness (QED) is 0.347. The van der Waals surface area contributed by atoms with Gasteiger partial charge in [0.05, 0.1) is 32.1 Å². The van der Waals surface area contributed by atoms with Crippen molar-refractivity contribution in [2.24, 2.45) is 0 Å². The molecular formula is C32H42N4O5. The number of phenolic OH excluding ortho intramolecular Hbond substituents is 2. The van der Waals surface area contributed by atoms with Crippen LogP contribution >= 0.6 is 0 Å². The molecule has 0 unspecified atom stereocenters. The van der Waals surface area contributed by atoms with E-state index < -0.39 is 0 Å². The molecule has 5 rings (SSSR count). The van der Waals surface area contributed by atoms with Crippen LogP contribution in [-0.4, -0.2) is 96.2 Å². The van der Waals surface area contributed by atoms with Gasteiger partial charge in [0.15, 0.2) is 0 Å². The number of hydrogen-bond donors (Lipinski definition) is 3. The molecule has 9 heteroatoms. The lowest BCUT2D eigenvalue weighted by atomic mass is 9.97. The van der Waals surface area contributed by atoms with Crippen LogP contribution in [-0.2, 0) is 22.6 Å².